The fourth-order valence-electron chi connectivity index (χ4n) is 1.30. The molecule has 0 aliphatic carbocycles. The van der Waals surface area contributed by atoms with Gasteiger partial charge in [-0.3, -0.25) is 4.79 Å². The van der Waals surface area contributed by atoms with Gasteiger partial charge in [0.15, 0.2) is 6.29 Å². The van der Waals surface area contributed by atoms with E-state index in [4.69, 9.17) is 5.26 Å². The lowest BCUT2D eigenvalue weighted by Gasteiger charge is -2.06. The van der Waals surface area contributed by atoms with Crippen LogP contribution in [0.1, 0.15) is 31.8 Å². The van der Waals surface area contributed by atoms with Gasteiger partial charge in [0, 0.05) is 5.56 Å². The highest BCUT2D eigenvalue weighted by Crippen LogP contribution is 2.16. The van der Waals surface area contributed by atoms with Crippen LogP contribution in [-0.2, 0) is 4.74 Å². The van der Waals surface area contributed by atoms with Crippen molar-refractivity contribution in [2.24, 2.45) is 0 Å². The number of carbonyl (C=O) groups excluding carboxylic acids is 2. The highest BCUT2D eigenvalue weighted by molar-refractivity contribution is 5.99. The number of rotatable bonds is 2. The first-order chi connectivity index (χ1) is 7.13. The molecule has 0 saturated carbocycles. The van der Waals surface area contributed by atoms with Crippen molar-refractivity contribution in [1.29, 1.82) is 5.26 Å². The van der Waals surface area contributed by atoms with Crippen LogP contribution in [0.3, 0.4) is 0 Å². The van der Waals surface area contributed by atoms with Gasteiger partial charge in [0.1, 0.15) is 0 Å². The molecule has 4 heteroatoms. The van der Waals surface area contributed by atoms with E-state index in [2.05, 4.69) is 4.74 Å². The molecule has 0 aliphatic rings. The molecule has 1 rings (SSSR count). The normalized spacial score (nSPS) is 9.13. The summed E-state index contributed by atoms with van der Waals surface area (Å²) >= 11 is 0. The number of methoxy groups -OCH3 is 1. The lowest BCUT2D eigenvalue weighted by molar-refractivity contribution is 0.0598. The molecule has 0 radical (unpaired) electrons. The summed E-state index contributed by atoms with van der Waals surface area (Å²) in [7, 11) is 1.23. The number of hydrogen-bond donors (Lipinski definition) is 0. The molecule has 0 aliphatic heterocycles. The third-order valence-corrected chi connectivity index (χ3v) is 2.04. The average molecular weight is 203 g/mol. The topological polar surface area (TPSA) is 67.2 Å². The van der Waals surface area contributed by atoms with Crippen LogP contribution in [0, 0.1) is 18.3 Å². The van der Waals surface area contributed by atoms with Crippen molar-refractivity contribution < 1.29 is 14.3 Å². The SMILES string of the molecule is COC(=O)c1cc(C#N)cc(C)c1C=O. The fourth-order valence-corrected chi connectivity index (χ4v) is 1.30. The number of benzene rings is 1. The monoisotopic (exact) mass is 203 g/mol. The van der Waals surface area contributed by atoms with E-state index in [-0.39, 0.29) is 11.1 Å². The molecule has 0 fully saturated rings. The third-order valence-electron chi connectivity index (χ3n) is 2.04. The van der Waals surface area contributed by atoms with Crippen molar-refractivity contribution in [3.8, 4) is 6.07 Å². The third kappa shape index (κ3) is 2.02. The predicted octanol–water partition coefficient (Wildman–Crippen LogP) is 1.47. The minimum absolute atomic E-state index is 0.129. The molecule has 0 aromatic heterocycles. The molecular weight excluding hydrogens is 194 g/mol. The zero-order chi connectivity index (χ0) is 11.4. The van der Waals surface area contributed by atoms with Crippen LogP contribution in [0.4, 0.5) is 0 Å². The largest absolute Gasteiger partial charge is 0.465 e. The van der Waals surface area contributed by atoms with Crippen molar-refractivity contribution in [2.45, 2.75) is 6.92 Å². The molecule has 0 heterocycles. The molecule has 0 spiro atoms. The molecule has 1 aromatic carbocycles. The van der Waals surface area contributed by atoms with Crippen LogP contribution < -0.4 is 0 Å². The Morgan fingerprint density at radius 2 is 2.20 bits per heavy atom. The van der Waals surface area contributed by atoms with Crippen LogP contribution in [-0.4, -0.2) is 19.4 Å². The predicted molar refractivity (Wildman–Crippen MR) is 52.6 cm³/mol. The molecule has 0 saturated heterocycles. The number of aryl methyl sites for hydroxylation is 1. The van der Waals surface area contributed by atoms with Crippen LogP contribution in [0.2, 0.25) is 0 Å². The lowest BCUT2D eigenvalue weighted by atomic mass is 10.00. The van der Waals surface area contributed by atoms with Crippen molar-refractivity contribution >= 4 is 12.3 Å². The van der Waals surface area contributed by atoms with E-state index >= 15 is 0 Å². The van der Waals surface area contributed by atoms with E-state index in [0.717, 1.165) is 0 Å². The van der Waals surface area contributed by atoms with Crippen LogP contribution >= 0.6 is 0 Å². The second-order valence-corrected chi connectivity index (χ2v) is 2.98. The summed E-state index contributed by atoms with van der Waals surface area (Å²) in [6, 6.07) is 4.82. The maximum absolute atomic E-state index is 11.3. The first-order valence-corrected chi connectivity index (χ1v) is 4.22. The highest BCUT2D eigenvalue weighted by Gasteiger charge is 2.14. The maximum Gasteiger partial charge on any atom is 0.338 e. The second kappa shape index (κ2) is 4.38. The van der Waals surface area contributed by atoms with Crippen LogP contribution in [0.25, 0.3) is 0 Å². The number of hydrogen-bond acceptors (Lipinski definition) is 4. The van der Waals surface area contributed by atoms with Crippen molar-refractivity contribution in [3.05, 3.63) is 34.4 Å². The Labute approximate surface area is 87.1 Å². The summed E-state index contributed by atoms with van der Waals surface area (Å²) in [5, 5.41) is 8.71. The molecule has 0 unspecified atom stereocenters. The summed E-state index contributed by atoms with van der Waals surface area (Å²) in [6.45, 7) is 1.66. The van der Waals surface area contributed by atoms with E-state index in [1.54, 1.807) is 13.0 Å². The van der Waals surface area contributed by atoms with Gasteiger partial charge in [0.05, 0.1) is 24.3 Å². The van der Waals surface area contributed by atoms with Crippen LogP contribution in [0.5, 0.6) is 0 Å². The van der Waals surface area contributed by atoms with Gasteiger partial charge >= 0.3 is 5.97 Å². The fraction of sp³-hybridized carbons (Fsp3) is 0.182. The molecule has 76 valence electrons. The Kier molecular flexibility index (Phi) is 3.19. The van der Waals surface area contributed by atoms with E-state index < -0.39 is 5.97 Å². The second-order valence-electron chi connectivity index (χ2n) is 2.98. The molecule has 4 nitrogen and oxygen atoms in total. The number of carbonyl (C=O) groups is 2. The van der Waals surface area contributed by atoms with Gasteiger partial charge in [-0.05, 0) is 24.6 Å². The van der Waals surface area contributed by atoms with Crippen LogP contribution in [0.15, 0.2) is 12.1 Å². The van der Waals surface area contributed by atoms with Crippen molar-refractivity contribution in [2.75, 3.05) is 7.11 Å². The van der Waals surface area contributed by atoms with Gasteiger partial charge in [-0.25, -0.2) is 4.79 Å². The number of esters is 1. The zero-order valence-corrected chi connectivity index (χ0v) is 8.40. The van der Waals surface area contributed by atoms with Gasteiger partial charge in [0.25, 0.3) is 0 Å². The Balaban J connectivity index is 3.46. The van der Waals surface area contributed by atoms with Crippen molar-refractivity contribution in [3.63, 3.8) is 0 Å². The summed E-state index contributed by atoms with van der Waals surface area (Å²) < 4.78 is 4.53. The number of aldehydes is 1. The van der Waals surface area contributed by atoms with Crippen molar-refractivity contribution in [1.82, 2.24) is 0 Å². The molecule has 15 heavy (non-hydrogen) atoms. The Hall–Kier alpha value is -2.15. The Morgan fingerprint density at radius 1 is 1.53 bits per heavy atom. The minimum Gasteiger partial charge on any atom is -0.465 e. The zero-order valence-electron chi connectivity index (χ0n) is 8.40. The highest BCUT2D eigenvalue weighted by atomic mass is 16.5. The van der Waals surface area contributed by atoms with E-state index in [1.807, 2.05) is 6.07 Å². The Morgan fingerprint density at radius 3 is 2.67 bits per heavy atom. The quantitative estimate of drug-likeness (QED) is 0.539. The van der Waals surface area contributed by atoms with E-state index in [1.165, 1.54) is 13.2 Å². The Bertz CT molecular complexity index is 458. The van der Waals surface area contributed by atoms with Gasteiger partial charge in [-0.15, -0.1) is 0 Å². The number of ether oxygens (including phenoxy) is 1. The summed E-state index contributed by atoms with van der Waals surface area (Å²) in [5.41, 5.74) is 1.31. The summed E-state index contributed by atoms with van der Waals surface area (Å²) in [5.74, 6) is -0.614. The molecule has 0 N–H and O–H groups in total. The molecule has 0 atom stereocenters. The first kappa shape index (κ1) is 10.9. The van der Waals surface area contributed by atoms with E-state index in [0.29, 0.717) is 17.4 Å². The lowest BCUT2D eigenvalue weighted by Crippen LogP contribution is -2.07. The number of nitrogens with zero attached hydrogens (tertiary/aromatic N) is 1. The van der Waals surface area contributed by atoms with E-state index in [9.17, 15) is 9.59 Å². The van der Waals surface area contributed by atoms with Gasteiger partial charge in [-0.2, -0.15) is 5.26 Å². The molecule has 0 bridgehead atoms. The van der Waals surface area contributed by atoms with Gasteiger partial charge in [0.2, 0.25) is 0 Å². The number of nitriles is 1. The minimum atomic E-state index is -0.614. The van der Waals surface area contributed by atoms with Gasteiger partial charge in [-0.1, -0.05) is 0 Å². The smallest absolute Gasteiger partial charge is 0.338 e. The average Bonchev–Trinajstić information content (AvgIpc) is 2.26. The molecular formula is C11H9NO3. The molecule has 0 amide bonds. The maximum atomic E-state index is 11.3. The summed E-state index contributed by atoms with van der Waals surface area (Å²) in [6.07, 6.45) is 0.586. The van der Waals surface area contributed by atoms with Gasteiger partial charge < -0.3 is 4.74 Å². The first-order valence-electron chi connectivity index (χ1n) is 4.22. The standard InChI is InChI=1S/C11H9NO3/c1-7-3-8(5-12)4-9(10(7)6-13)11(14)15-2/h3-4,6H,1-2H3. The molecule has 1 aromatic rings. The summed E-state index contributed by atoms with van der Waals surface area (Å²) in [4.78, 5) is 22.1.